The highest BCUT2D eigenvalue weighted by atomic mass is 16.5. The number of aryl methyl sites for hydroxylation is 2. The van der Waals surface area contributed by atoms with Crippen LogP contribution in [0.3, 0.4) is 0 Å². The van der Waals surface area contributed by atoms with Crippen LogP contribution in [0.5, 0.6) is 0 Å². The van der Waals surface area contributed by atoms with Gasteiger partial charge in [-0.1, -0.05) is 50.6 Å². The molecular formula is C22H36N2O3. The molecule has 1 amide bonds. The number of hydrogen-bond donors (Lipinski definition) is 0. The highest BCUT2D eigenvalue weighted by Gasteiger charge is 2.21. The minimum Gasteiger partial charge on any atom is -0.469 e. The van der Waals surface area contributed by atoms with Crippen LogP contribution in [0.25, 0.3) is 0 Å². The summed E-state index contributed by atoms with van der Waals surface area (Å²) in [6.07, 6.45) is 2.09. The van der Waals surface area contributed by atoms with E-state index in [1.54, 1.807) is 0 Å². The van der Waals surface area contributed by atoms with Crippen molar-refractivity contribution < 1.29 is 14.3 Å². The van der Waals surface area contributed by atoms with Crippen molar-refractivity contribution in [2.45, 2.75) is 47.0 Å². The molecule has 0 aliphatic carbocycles. The second-order valence-corrected chi connectivity index (χ2v) is 7.13. The normalized spacial score (nSPS) is 12.1. The van der Waals surface area contributed by atoms with Gasteiger partial charge in [0.2, 0.25) is 5.91 Å². The molecule has 1 aromatic carbocycles. The van der Waals surface area contributed by atoms with E-state index in [4.69, 9.17) is 4.74 Å². The standard InChI is InChI=1S/C22H36N2O3/c1-6-23(7-2)15-8-16-24(17-19(4)22(26)27-5)21(25)14-13-20-11-9-18(3)10-12-20/h9-12,19H,6-8,13-17H2,1-5H3. The Morgan fingerprint density at radius 1 is 1.07 bits per heavy atom. The maximum absolute atomic E-state index is 12.8. The molecule has 0 fully saturated rings. The summed E-state index contributed by atoms with van der Waals surface area (Å²) in [6.45, 7) is 12.2. The molecule has 0 N–H and O–H groups in total. The average Bonchev–Trinajstić information content (AvgIpc) is 2.68. The maximum atomic E-state index is 12.8. The topological polar surface area (TPSA) is 49.9 Å². The van der Waals surface area contributed by atoms with Crippen molar-refractivity contribution in [1.82, 2.24) is 9.80 Å². The van der Waals surface area contributed by atoms with E-state index in [2.05, 4.69) is 49.9 Å². The molecule has 27 heavy (non-hydrogen) atoms. The van der Waals surface area contributed by atoms with Gasteiger partial charge in [-0.25, -0.2) is 0 Å². The van der Waals surface area contributed by atoms with Crippen LogP contribution in [0.2, 0.25) is 0 Å². The lowest BCUT2D eigenvalue weighted by Gasteiger charge is -2.27. The fourth-order valence-corrected chi connectivity index (χ4v) is 3.11. The lowest BCUT2D eigenvalue weighted by Crippen LogP contribution is -2.39. The van der Waals surface area contributed by atoms with Gasteiger partial charge in [-0.2, -0.15) is 0 Å². The highest BCUT2D eigenvalue weighted by Crippen LogP contribution is 2.10. The van der Waals surface area contributed by atoms with E-state index in [-0.39, 0.29) is 17.8 Å². The van der Waals surface area contributed by atoms with Gasteiger partial charge in [0.15, 0.2) is 0 Å². The quantitative estimate of drug-likeness (QED) is 0.525. The van der Waals surface area contributed by atoms with Crippen LogP contribution in [0.4, 0.5) is 0 Å². The van der Waals surface area contributed by atoms with Gasteiger partial charge in [0, 0.05) is 19.5 Å². The number of nitrogens with zero attached hydrogens (tertiary/aromatic N) is 2. The predicted octanol–water partition coefficient (Wildman–Crippen LogP) is 3.30. The molecule has 0 bridgehead atoms. The Morgan fingerprint density at radius 3 is 2.26 bits per heavy atom. The van der Waals surface area contributed by atoms with Gasteiger partial charge < -0.3 is 14.5 Å². The van der Waals surface area contributed by atoms with E-state index in [1.807, 2.05) is 11.8 Å². The van der Waals surface area contributed by atoms with Crippen molar-refractivity contribution >= 4 is 11.9 Å². The molecule has 0 spiro atoms. The van der Waals surface area contributed by atoms with Crippen LogP contribution >= 0.6 is 0 Å². The van der Waals surface area contributed by atoms with Crippen LogP contribution in [-0.4, -0.2) is 61.5 Å². The van der Waals surface area contributed by atoms with Crippen LogP contribution in [0.15, 0.2) is 24.3 Å². The number of hydrogen-bond acceptors (Lipinski definition) is 4. The minimum atomic E-state index is -0.313. The number of rotatable bonds is 12. The Kier molecular flexibility index (Phi) is 10.7. The molecule has 0 saturated heterocycles. The number of carbonyl (C=O) groups excluding carboxylic acids is 2. The molecule has 5 heteroatoms. The van der Waals surface area contributed by atoms with Gasteiger partial charge in [0.25, 0.3) is 0 Å². The second-order valence-electron chi connectivity index (χ2n) is 7.13. The first kappa shape index (κ1) is 23.2. The van der Waals surface area contributed by atoms with Crippen molar-refractivity contribution in [3.8, 4) is 0 Å². The average molecular weight is 377 g/mol. The number of ether oxygens (including phenoxy) is 1. The van der Waals surface area contributed by atoms with Crippen LogP contribution < -0.4 is 0 Å². The summed E-state index contributed by atoms with van der Waals surface area (Å²) in [7, 11) is 1.39. The summed E-state index contributed by atoms with van der Waals surface area (Å²) in [5.74, 6) is -0.479. The lowest BCUT2D eigenvalue weighted by molar-refractivity contribution is -0.146. The Labute approximate surface area is 164 Å². The summed E-state index contributed by atoms with van der Waals surface area (Å²) in [6, 6.07) is 8.29. The van der Waals surface area contributed by atoms with Gasteiger partial charge >= 0.3 is 5.97 Å². The summed E-state index contributed by atoms with van der Waals surface area (Å²) in [4.78, 5) is 28.8. The largest absolute Gasteiger partial charge is 0.469 e. The highest BCUT2D eigenvalue weighted by molar-refractivity contribution is 5.78. The van der Waals surface area contributed by atoms with Crippen LogP contribution in [0, 0.1) is 12.8 Å². The molecule has 1 unspecified atom stereocenters. The van der Waals surface area contributed by atoms with Crippen molar-refractivity contribution in [2.75, 3.05) is 39.8 Å². The predicted molar refractivity (Wildman–Crippen MR) is 110 cm³/mol. The van der Waals surface area contributed by atoms with Gasteiger partial charge in [-0.15, -0.1) is 0 Å². The van der Waals surface area contributed by atoms with Gasteiger partial charge in [0.05, 0.1) is 13.0 Å². The molecule has 152 valence electrons. The van der Waals surface area contributed by atoms with Crippen molar-refractivity contribution in [2.24, 2.45) is 5.92 Å². The third kappa shape index (κ3) is 8.57. The molecule has 0 radical (unpaired) electrons. The first-order chi connectivity index (χ1) is 12.9. The zero-order chi connectivity index (χ0) is 20.2. The van der Waals surface area contributed by atoms with E-state index in [0.29, 0.717) is 19.5 Å². The Hall–Kier alpha value is -1.88. The monoisotopic (exact) mass is 376 g/mol. The molecule has 0 aliphatic rings. The van der Waals surface area contributed by atoms with E-state index >= 15 is 0 Å². The number of esters is 1. The number of carbonyl (C=O) groups is 2. The summed E-state index contributed by atoms with van der Waals surface area (Å²) in [5.41, 5.74) is 2.38. The van der Waals surface area contributed by atoms with Gasteiger partial charge in [-0.3, -0.25) is 9.59 Å². The molecule has 0 heterocycles. The first-order valence-electron chi connectivity index (χ1n) is 10.0. The summed E-state index contributed by atoms with van der Waals surface area (Å²) in [5, 5.41) is 0. The fraction of sp³-hybridized carbons (Fsp3) is 0.636. The lowest BCUT2D eigenvalue weighted by atomic mass is 10.1. The minimum absolute atomic E-state index is 0.103. The van der Waals surface area contributed by atoms with E-state index in [1.165, 1.54) is 12.7 Å². The molecule has 1 rings (SSSR count). The molecule has 0 saturated carbocycles. The molecular weight excluding hydrogens is 340 g/mol. The van der Waals surface area contributed by atoms with E-state index in [9.17, 15) is 9.59 Å². The Morgan fingerprint density at radius 2 is 1.70 bits per heavy atom. The second kappa shape index (κ2) is 12.5. The third-order valence-corrected chi connectivity index (χ3v) is 5.00. The molecule has 5 nitrogen and oxygen atoms in total. The molecule has 0 aromatic heterocycles. The van der Waals surface area contributed by atoms with Crippen LogP contribution in [-0.2, 0) is 20.7 Å². The Balaban J connectivity index is 2.64. The number of methoxy groups -OCH3 is 1. The zero-order valence-corrected chi connectivity index (χ0v) is 17.7. The van der Waals surface area contributed by atoms with Crippen molar-refractivity contribution in [3.63, 3.8) is 0 Å². The summed E-state index contributed by atoms with van der Waals surface area (Å²) >= 11 is 0. The third-order valence-electron chi connectivity index (χ3n) is 5.00. The first-order valence-corrected chi connectivity index (χ1v) is 10.0. The molecule has 0 aliphatic heterocycles. The molecule has 1 atom stereocenters. The van der Waals surface area contributed by atoms with E-state index in [0.717, 1.165) is 38.0 Å². The summed E-state index contributed by atoms with van der Waals surface area (Å²) < 4.78 is 4.83. The zero-order valence-electron chi connectivity index (χ0n) is 17.7. The van der Waals surface area contributed by atoms with Crippen molar-refractivity contribution in [3.05, 3.63) is 35.4 Å². The Bertz CT molecular complexity index is 567. The number of amides is 1. The molecule has 1 aromatic rings. The fourth-order valence-electron chi connectivity index (χ4n) is 3.11. The van der Waals surface area contributed by atoms with Gasteiger partial charge in [-0.05, 0) is 45.0 Å². The van der Waals surface area contributed by atoms with Crippen LogP contribution in [0.1, 0.15) is 44.7 Å². The number of benzene rings is 1. The maximum Gasteiger partial charge on any atom is 0.310 e. The smallest absolute Gasteiger partial charge is 0.310 e. The van der Waals surface area contributed by atoms with Crippen molar-refractivity contribution in [1.29, 1.82) is 0 Å². The van der Waals surface area contributed by atoms with E-state index < -0.39 is 0 Å². The van der Waals surface area contributed by atoms with Gasteiger partial charge in [0.1, 0.15) is 0 Å². The SMILES string of the molecule is CCN(CC)CCCN(CC(C)C(=O)OC)C(=O)CCc1ccc(C)cc1.